The highest BCUT2D eigenvalue weighted by molar-refractivity contribution is 6.02. The molecule has 0 aromatic heterocycles. The minimum atomic E-state index is -0.576. The lowest BCUT2D eigenvalue weighted by molar-refractivity contribution is 0.0965. The van der Waals surface area contributed by atoms with Gasteiger partial charge in [0, 0.05) is 6.07 Å². The minimum absolute atomic E-state index is 0.0584. The molecule has 0 fully saturated rings. The van der Waals surface area contributed by atoms with Gasteiger partial charge in [0.05, 0.1) is 18.7 Å². The molecular formula is C10H13NO3. The van der Waals surface area contributed by atoms with Gasteiger partial charge in [-0.15, -0.1) is 0 Å². The summed E-state index contributed by atoms with van der Waals surface area (Å²) in [5.74, 6) is 0.192. The van der Waals surface area contributed by atoms with Crippen LogP contribution in [-0.4, -0.2) is 24.0 Å². The number of hydrogen-bond acceptors (Lipinski definition) is 4. The van der Waals surface area contributed by atoms with Crippen LogP contribution in [0.2, 0.25) is 0 Å². The molecule has 0 heterocycles. The van der Waals surface area contributed by atoms with E-state index in [-0.39, 0.29) is 11.5 Å². The quantitative estimate of drug-likeness (QED) is 0.704. The van der Waals surface area contributed by atoms with Crippen LogP contribution >= 0.6 is 0 Å². The van der Waals surface area contributed by atoms with E-state index >= 15 is 0 Å². The van der Waals surface area contributed by atoms with E-state index in [2.05, 4.69) is 0 Å². The van der Waals surface area contributed by atoms with Gasteiger partial charge in [-0.2, -0.15) is 0 Å². The molecule has 1 aromatic carbocycles. The Balaban J connectivity index is 3.14. The first kappa shape index (κ1) is 10.5. The highest BCUT2D eigenvalue weighted by Gasteiger charge is 2.15. The van der Waals surface area contributed by atoms with Crippen molar-refractivity contribution in [3.63, 3.8) is 0 Å². The molecule has 0 radical (unpaired) electrons. The number of benzene rings is 1. The molecule has 14 heavy (non-hydrogen) atoms. The SMILES string of the molecule is COc1cc(O)ccc1C(=O)C(C)N. The van der Waals surface area contributed by atoms with E-state index in [1.54, 1.807) is 6.92 Å². The van der Waals surface area contributed by atoms with E-state index in [0.717, 1.165) is 0 Å². The first-order valence-electron chi connectivity index (χ1n) is 4.23. The van der Waals surface area contributed by atoms with Gasteiger partial charge in [-0.05, 0) is 19.1 Å². The number of nitrogens with two attached hydrogens (primary N) is 1. The second-order valence-electron chi connectivity index (χ2n) is 3.04. The van der Waals surface area contributed by atoms with Gasteiger partial charge in [-0.25, -0.2) is 0 Å². The van der Waals surface area contributed by atoms with Crippen LogP contribution in [0.15, 0.2) is 18.2 Å². The van der Waals surface area contributed by atoms with E-state index in [4.69, 9.17) is 15.6 Å². The lowest BCUT2D eigenvalue weighted by Gasteiger charge is -2.09. The Labute approximate surface area is 82.3 Å². The van der Waals surface area contributed by atoms with Crippen molar-refractivity contribution < 1.29 is 14.6 Å². The summed E-state index contributed by atoms with van der Waals surface area (Å²) in [4.78, 5) is 11.5. The average Bonchev–Trinajstić information content (AvgIpc) is 2.16. The second-order valence-corrected chi connectivity index (χ2v) is 3.04. The smallest absolute Gasteiger partial charge is 0.182 e. The van der Waals surface area contributed by atoms with Crippen LogP contribution in [0, 0.1) is 0 Å². The third-order valence-corrected chi connectivity index (χ3v) is 1.86. The zero-order chi connectivity index (χ0) is 10.7. The molecule has 0 amide bonds. The molecule has 1 aromatic rings. The zero-order valence-electron chi connectivity index (χ0n) is 8.15. The van der Waals surface area contributed by atoms with Crippen molar-refractivity contribution >= 4 is 5.78 Å². The number of carbonyl (C=O) groups is 1. The van der Waals surface area contributed by atoms with E-state index in [1.165, 1.54) is 25.3 Å². The zero-order valence-corrected chi connectivity index (χ0v) is 8.15. The van der Waals surface area contributed by atoms with Gasteiger partial charge in [0.15, 0.2) is 5.78 Å². The fourth-order valence-corrected chi connectivity index (χ4v) is 1.13. The molecule has 4 nitrogen and oxygen atoms in total. The lowest BCUT2D eigenvalue weighted by Crippen LogP contribution is -2.26. The van der Waals surface area contributed by atoms with E-state index < -0.39 is 6.04 Å². The van der Waals surface area contributed by atoms with Gasteiger partial charge >= 0.3 is 0 Å². The predicted octanol–water partition coefficient (Wildman–Crippen LogP) is 0.931. The number of rotatable bonds is 3. The van der Waals surface area contributed by atoms with Gasteiger partial charge in [-0.1, -0.05) is 0 Å². The maximum absolute atomic E-state index is 11.5. The molecule has 76 valence electrons. The molecule has 0 aliphatic carbocycles. The Morgan fingerprint density at radius 3 is 2.71 bits per heavy atom. The highest BCUT2D eigenvalue weighted by atomic mass is 16.5. The number of ketones is 1. The topological polar surface area (TPSA) is 72.5 Å². The molecule has 1 unspecified atom stereocenters. The fraction of sp³-hybridized carbons (Fsp3) is 0.300. The molecule has 0 saturated carbocycles. The number of carbonyl (C=O) groups excluding carboxylic acids is 1. The summed E-state index contributed by atoms with van der Waals surface area (Å²) in [6.07, 6.45) is 0. The Hall–Kier alpha value is -1.55. The monoisotopic (exact) mass is 195 g/mol. The number of phenolic OH excluding ortho intramolecular Hbond substituents is 1. The van der Waals surface area contributed by atoms with Crippen molar-refractivity contribution in [1.82, 2.24) is 0 Å². The van der Waals surface area contributed by atoms with Crippen LogP contribution in [0.4, 0.5) is 0 Å². The molecule has 0 spiro atoms. The van der Waals surface area contributed by atoms with Crippen molar-refractivity contribution in [3.05, 3.63) is 23.8 Å². The summed E-state index contributed by atoms with van der Waals surface area (Å²) in [7, 11) is 1.44. The van der Waals surface area contributed by atoms with Crippen molar-refractivity contribution in [1.29, 1.82) is 0 Å². The standard InChI is InChI=1S/C10H13NO3/c1-6(11)10(13)8-4-3-7(12)5-9(8)14-2/h3-6,12H,11H2,1-2H3. The first-order chi connectivity index (χ1) is 6.56. The normalized spacial score (nSPS) is 12.2. The Kier molecular flexibility index (Phi) is 3.09. The van der Waals surface area contributed by atoms with Crippen LogP contribution in [0.25, 0.3) is 0 Å². The molecule has 0 aliphatic rings. The third-order valence-electron chi connectivity index (χ3n) is 1.86. The maximum atomic E-state index is 11.5. The molecular weight excluding hydrogens is 182 g/mol. The molecule has 3 N–H and O–H groups in total. The largest absolute Gasteiger partial charge is 0.508 e. The Bertz CT molecular complexity index is 347. The first-order valence-corrected chi connectivity index (χ1v) is 4.23. The Morgan fingerprint density at radius 1 is 1.57 bits per heavy atom. The molecule has 4 heteroatoms. The third kappa shape index (κ3) is 2.03. The molecule has 0 bridgehead atoms. The summed E-state index contributed by atoms with van der Waals surface area (Å²) in [6.45, 7) is 1.61. The van der Waals surface area contributed by atoms with Crippen LogP contribution < -0.4 is 10.5 Å². The van der Waals surface area contributed by atoms with E-state index in [9.17, 15) is 4.79 Å². The van der Waals surface area contributed by atoms with Gasteiger partial charge in [0.1, 0.15) is 11.5 Å². The van der Waals surface area contributed by atoms with Crippen molar-refractivity contribution in [3.8, 4) is 11.5 Å². The number of methoxy groups -OCH3 is 1. The van der Waals surface area contributed by atoms with Crippen LogP contribution in [-0.2, 0) is 0 Å². The molecule has 1 atom stereocenters. The van der Waals surface area contributed by atoms with Crippen LogP contribution in [0.3, 0.4) is 0 Å². The van der Waals surface area contributed by atoms with Gasteiger partial charge in [0.2, 0.25) is 0 Å². The predicted molar refractivity (Wildman–Crippen MR) is 52.6 cm³/mol. The highest BCUT2D eigenvalue weighted by Crippen LogP contribution is 2.24. The van der Waals surface area contributed by atoms with Crippen molar-refractivity contribution in [2.45, 2.75) is 13.0 Å². The summed E-state index contributed by atoms with van der Waals surface area (Å²) in [5, 5.41) is 9.17. The average molecular weight is 195 g/mol. The van der Waals surface area contributed by atoms with E-state index in [1.807, 2.05) is 0 Å². The summed E-state index contributed by atoms with van der Waals surface area (Å²) in [6, 6.07) is 3.74. The maximum Gasteiger partial charge on any atom is 0.182 e. The second kappa shape index (κ2) is 4.11. The lowest BCUT2D eigenvalue weighted by atomic mass is 10.0. The van der Waals surface area contributed by atoms with Gasteiger partial charge < -0.3 is 15.6 Å². The van der Waals surface area contributed by atoms with Crippen LogP contribution in [0.1, 0.15) is 17.3 Å². The molecule has 1 rings (SSSR count). The van der Waals surface area contributed by atoms with Crippen molar-refractivity contribution in [2.24, 2.45) is 5.73 Å². The Morgan fingerprint density at radius 2 is 2.21 bits per heavy atom. The fourth-order valence-electron chi connectivity index (χ4n) is 1.13. The van der Waals surface area contributed by atoms with E-state index in [0.29, 0.717) is 11.3 Å². The molecule has 0 saturated heterocycles. The summed E-state index contributed by atoms with van der Waals surface area (Å²) < 4.78 is 4.96. The van der Waals surface area contributed by atoms with Gasteiger partial charge in [0.25, 0.3) is 0 Å². The van der Waals surface area contributed by atoms with Gasteiger partial charge in [-0.3, -0.25) is 4.79 Å². The minimum Gasteiger partial charge on any atom is -0.508 e. The number of ether oxygens (including phenoxy) is 1. The summed E-state index contributed by atoms with van der Waals surface area (Å²) >= 11 is 0. The molecule has 0 aliphatic heterocycles. The number of aromatic hydroxyl groups is 1. The number of Topliss-reactive ketones (excluding diaryl/α,β-unsaturated/α-hetero) is 1. The summed E-state index contributed by atoms with van der Waals surface area (Å²) in [5.41, 5.74) is 5.85. The number of phenols is 1. The van der Waals surface area contributed by atoms with Crippen molar-refractivity contribution in [2.75, 3.05) is 7.11 Å². The van der Waals surface area contributed by atoms with Crippen LogP contribution in [0.5, 0.6) is 11.5 Å². The number of hydrogen-bond donors (Lipinski definition) is 2.